The number of anilines is 3. The number of rotatable bonds is 7. The molecule has 13 aromatic rings. The van der Waals surface area contributed by atoms with E-state index in [9.17, 15) is 0 Å². The Bertz CT molecular complexity index is 4060. The van der Waals surface area contributed by atoms with Gasteiger partial charge in [0.1, 0.15) is 11.2 Å². The van der Waals surface area contributed by atoms with E-state index in [2.05, 4.69) is 252 Å². The van der Waals surface area contributed by atoms with Crippen LogP contribution in [0.15, 0.2) is 259 Å². The minimum Gasteiger partial charge on any atom is -0.456 e. The van der Waals surface area contributed by atoms with Crippen LogP contribution < -0.4 is 4.90 Å². The lowest BCUT2D eigenvalue weighted by Gasteiger charge is -2.35. The number of fused-ring (bicyclic) bond motifs is 10. The zero-order valence-corrected chi connectivity index (χ0v) is 37.1. The van der Waals surface area contributed by atoms with Crippen molar-refractivity contribution < 1.29 is 4.42 Å². The number of hydrogen-bond acceptors (Lipinski definition) is 2. The first kappa shape index (κ1) is 38.4. The van der Waals surface area contributed by atoms with Gasteiger partial charge in [0.05, 0.1) is 22.1 Å². The summed E-state index contributed by atoms with van der Waals surface area (Å²) < 4.78 is 8.63. The van der Waals surface area contributed by atoms with Crippen LogP contribution in [0.5, 0.6) is 0 Å². The summed E-state index contributed by atoms with van der Waals surface area (Å²) in [6.45, 7) is 0. The van der Waals surface area contributed by atoms with E-state index in [1.165, 1.54) is 60.4 Å². The second-order valence-electron chi connectivity index (χ2n) is 18.0. The van der Waals surface area contributed by atoms with Crippen LogP contribution in [0.25, 0.3) is 82.5 Å². The highest BCUT2D eigenvalue weighted by Crippen LogP contribution is 2.57. The Labute approximate surface area is 394 Å². The summed E-state index contributed by atoms with van der Waals surface area (Å²) in [5.74, 6) is 0. The summed E-state index contributed by atoms with van der Waals surface area (Å²) in [4.78, 5) is 2.47. The molecule has 0 radical (unpaired) electrons. The third kappa shape index (κ3) is 5.66. The average Bonchev–Trinajstić information content (AvgIpc) is 4.05. The van der Waals surface area contributed by atoms with Gasteiger partial charge in [0.15, 0.2) is 0 Å². The number of nitrogens with zero attached hydrogens (tertiary/aromatic N) is 2. The van der Waals surface area contributed by atoms with E-state index in [1.54, 1.807) is 0 Å². The molecule has 0 saturated carbocycles. The Morgan fingerprint density at radius 2 is 0.985 bits per heavy atom. The van der Waals surface area contributed by atoms with Crippen molar-refractivity contribution in [1.29, 1.82) is 0 Å². The fourth-order valence-electron chi connectivity index (χ4n) is 11.5. The Hall–Kier alpha value is -8.92. The first-order valence-corrected chi connectivity index (χ1v) is 23.4. The Kier molecular flexibility index (Phi) is 8.50. The van der Waals surface area contributed by atoms with Crippen molar-refractivity contribution in [2.75, 3.05) is 4.90 Å². The molecule has 0 atom stereocenters. The molecule has 0 unspecified atom stereocenters. The van der Waals surface area contributed by atoms with Gasteiger partial charge in [-0.2, -0.15) is 0 Å². The third-order valence-electron chi connectivity index (χ3n) is 14.4. The minimum absolute atomic E-state index is 0.524. The molecule has 0 spiro atoms. The summed E-state index contributed by atoms with van der Waals surface area (Å²) in [6, 6.07) is 93.3. The number of benzene rings is 11. The minimum atomic E-state index is -0.524. The molecule has 0 bridgehead atoms. The zero-order valence-electron chi connectivity index (χ0n) is 37.1. The van der Waals surface area contributed by atoms with Gasteiger partial charge in [-0.3, -0.25) is 0 Å². The molecule has 318 valence electrons. The quantitative estimate of drug-likeness (QED) is 0.159. The highest BCUT2D eigenvalue weighted by Gasteiger charge is 2.46. The Morgan fingerprint density at radius 3 is 1.84 bits per heavy atom. The molecule has 1 aliphatic rings. The monoisotopic (exact) mass is 866 g/mol. The van der Waals surface area contributed by atoms with E-state index in [0.717, 1.165) is 61.3 Å². The van der Waals surface area contributed by atoms with Crippen LogP contribution in [-0.2, 0) is 5.41 Å². The molecular weight excluding hydrogens is 825 g/mol. The molecule has 68 heavy (non-hydrogen) atoms. The fourth-order valence-corrected chi connectivity index (χ4v) is 11.5. The van der Waals surface area contributed by atoms with Gasteiger partial charge < -0.3 is 13.9 Å². The van der Waals surface area contributed by atoms with E-state index in [0.29, 0.717) is 0 Å². The van der Waals surface area contributed by atoms with Crippen molar-refractivity contribution >= 4 is 71.6 Å². The molecule has 11 aromatic carbocycles. The van der Waals surface area contributed by atoms with Gasteiger partial charge in [-0.05, 0) is 123 Å². The number of aromatic nitrogens is 1. The van der Waals surface area contributed by atoms with E-state index < -0.39 is 5.41 Å². The first-order chi connectivity index (χ1) is 33.7. The lowest BCUT2D eigenvalue weighted by molar-refractivity contribution is 0.669. The van der Waals surface area contributed by atoms with Crippen molar-refractivity contribution in [2.45, 2.75) is 5.41 Å². The van der Waals surface area contributed by atoms with Gasteiger partial charge in [0.2, 0.25) is 0 Å². The van der Waals surface area contributed by atoms with E-state index in [-0.39, 0.29) is 0 Å². The lowest BCUT2D eigenvalue weighted by atomic mass is 9.67. The second kappa shape index (κ2) is 15.1. The van der Waals surface area contributed by atoms with Crippen LogP contribution in [0.3, 0.4) is 0 Å². The molecule has 0 aliphatic heterocycles. The standard InChI is InChI=1S/C65H42N2O/c1-3-20-46(21-4-1)65(47-22-5-2-6-23-47)58-29-12-9-26-52(58)53-36-34-50(42-59(53)65)66(60-31-16-18-43-17-7-8-25-51(43)60)48-24-15-19-44(39-48)45-33-37-62-56(40-45)54-27-10-13-30-61(54)67(62)49-35-38-64-57(41-49)55-28-11-14-32-63(55)68-64/h1-42H. The molecule has 3 nitrogen and oxygen atoms in total. The molecule has 0 amide bonds. The summed E-state index contributed by atoms with van der Waals surface area (Å²) in [5.41, 5.74) is 17.9. The average molecular weight is 867 g/mol. The molecule has 0 saturated heterocycles. The topological polar surface area (TPSA) is 21.3 Å². The van der Waals surface area contributed by atoms with Crippen LogP contribution in [-0.4, -0.2) is 4.57 Å². The van der Waals surface area contributed by atoms with E-state index >= 15 is 0 Å². The lowest BCUT2D eigenvalue weighted by Crippen LogP contribution is -2.28. The van der Waals surface area contributed by atoms with Crippen molar-refractivity contribution in [3.63, 3.8) is 0 Å². The molecule has 1 aliphatic carbocycles. The predicted octanol–water partition coefficient (Wildman–Crippen LogP) is 17.3. The Morgan fingerprint density at radius 1 is 0.353 bits per heavy atom. The molecule has 0 N–H and O–H groups in total. The van der Waals surface area contributed by atoms with Gasteiger partial charge in [-0.25, -0.2) is 0 Å². The first-order valence-electron chi connectivity index (χ1n) is 23.4. The molecule has 0 fully saturated rings. The molecule has 2 heterocycles. The third-order valence-corrected chi connectivity index (χ3v) is 14.4. The van der Waals surface area contributed by atoms with Crippen molar-refractivity contribution in [3.8, 4) is 27.9 Å². The fraction of sp³-hybridized carbons (Fsp3) is 0.0154. The van der Waals surface area contributed by atoms with E-state index in [1.807, 2.05) is 12.1 Å². The molecule has 3 heteroatoms. The van der Waals surface area contributed by atoms with Crippen molar-refractivity contribution in [1.82, 2.24) is 4.57 Å². The second-order valence-corrected chi connectivity index (χ2v) is 18.0. The Balaban J connectivity index is 0.958. The van der Waals surface area contributed by atoms with Crippen molar-refractivity contribution in [2.24, 2.45) is 0 Å². The van der Waals surface area contributed by atoms with Crippen molar-refractivity contribution in [3.05, 3.63) is 277 Å². The molecular formula is C65H42N2O. The highest BCUT2D eigenvalue weighted by atomic mass is 16.3. The summed E-state index contributed by atoms with van der Waals surface area (Å²) in [6.07, 6.45) is 0. The normalized spacial score (nSPS) is 12.8. The van der Waals surface area contributed by atoms with Gasteiger partial charge in [0.25, 0.3) is 0 Å². The summed E-state index contributed by atoms with van der Waals surface area (Å²) in [7, 11) is 0. The van der Waals surface area contributed by atoms with Crippen LogP contribution >= 0.6 is 0 Å². The van der Waals surface area contributed by atoms with Crippen LogP contribution in [0.2, 0.25) is 0 Å². The maximum atomic E-state index is 6.23. The molecule has 2 aromatic heterocycles. The summed E-state index contributed by atoms with van der Waals surface area (Å²) >= 11 is 0. The van der Waals surface area contributed by atoms with Gasteiger partial charge in [-0.1, -0.05) is 182 Å². The van der Waals surface area contributed by atoms with Gasteiger partial charge in [-0.15, -0.1) is 0 Å². The molecule has 14 rings (SSSR count). The SMILES string of the molecule is c1ccc(C2(c3ccccc3)c3ccccc3-c3ccc(N(c4cccc(-c5ccc6c(c5)c5ccccc5n6-c5ccc6oc7ccccc7c6c5)c4)c4cccc5ccccc45)cc32)cc1. The smallest absolute Gasteiger partial charge is 0.135 e. The van der Waals surface area contributed by atoms with Gasteiger partial charge >= 0.3 is 0 Å². The maximum Gasteiger partial charge on any atom is 0.135 e. The summed E-state index contributed by atoms with van der Waals surface area (Å²) in [5, 5.41) is 7.06. The van der Waals surface area contributed by atoms with Gasteiger partial charge in [0, 0.05) is 44.0 Å². The maximum absolute atomic E-state index is 6.23. The number of para-hydroxylation sites is 2. The van der Waals surface area contributed by atoms with Crippen LogP contribution in [0.1, 0.15) is 22.3 Å². The largest absolute Gasteiger partial charge is 0.456 e. The predicted molar refractivity (Wildman–Crippen MR) is 283 cm³/mol. The number of hydrogen-bond donors (Lipinski definition) is 0. The number of furan rings is 1. The van der Waals surface area contributed by atoms with Crippen LogP contribution in [0.4, 0.5) is 17.1 Å². The zero-order chi connectivity index (χ0) is 44.8. The van der Waals surface area contributed by atoms with Crippen LogP contribution in [0, 0.1) is 0 Å². The highest BCUT2D eigenvalue weighted by molar-refractivity contribution is 6.12. The van der Waals surface area contributed by atoms with E-state index in [4.69, 9.17) is 4.42 Å².